The van der Waals surface area contributed by atoms with Crippen LogP contribution in [0.3, 0.4) is 0 Å². The Labute approximate surface area is 165 Å². The minimum Gasteiger partial charge on any atom is -0.465 e. The topological polar surface area (TPSA) is 93.7 Å². The quantitative estimate of drug-likeness (QED) is 0.442. The van der Waals surface area contributed by atoms with Crippen molar-refractivity contribution >= 4 is 57.1 Å². The minimum atomic E-state index is -0.595. The van der Waals surface area contributed by atoms with E-state index in [1.54, 1.807) is 31.2 Å². The van der Waals surface area contributed by atoms with E-state index >= 15 is 0 Å². The summed E-state index contributed by atoms with van der Waals surface area (Å²) in [4.78, 5) is 35.8. The van der Waals surface area contributed by atoms with E-state index in [0.29, 0.717) is 21.8 Å². The van der Waals surface area contributed by atoms with Crippen LogP contribution in [0.25, 0.3) is 0 Å². The number of benzene rings is 1. The Hall–Kier alpha value is -2.78. The average Bonchev–Trinajstić information content (AvgIpc) is 2.96. The first-order chi connectivity index (χ1) is 12.8. The molecule has 0 radical (unpaired) electrons. The number of carbonyl (C=O) groups is 3. The summed E-state index contributed by atoms with van der Waals surface area (Å²) < 4.78 is 9.55. The number of carbonyl (C=O) groups excluding carboxylic acids is 3. The fourth-order valence-electron chi connectivity index (χ4n) is 2.32. The number of ketones is 1. The molecule has 0 spiro atoms. The first kappa shape index (κ1) is 20.5. The zero-order chi connectivity index (χ0) is 20.1. The number of thiocarbonyl (C=S) groups is 1. The van der Waals surface area contributed by atoms with Crippen LogP contribution in [0, 0.1) is 6.92 Å². The molecule has 2 N–H and O–H groups in total. The van der Waals surface area contributed by atoms with Crippen molar-refractivity contribution < 1.29 is 23.9 Å². The van der Waals surface area contributed by atoms with Gasteiger partial charge in [-0.3, -0.25) is 4.79 Å². The lowest BCUT2D eigenvalue weighted by Gasteiger charge is -2.11. The lowest BCUT2D eigenvalue weighted by Crippen LogP contribution is -2.20. The van der Waals surface area contributed by atoms with Crippen molar-refractivity contribution in [1.29, 1.82) is 0 Å². The van der Waals surface area contributed by atoms with Gasteiger partial charge in [-0.1, -0.05) is 12.1 Å². The standard InChI is InChI=1S/C18H18N2O5S2/c1-9-13(16(22)24-3)15(27-14(9)17(23)25-4)20-18(26)19-12-7-5-6-11(8-12)10(2)21/h5-8H,1-4H3,(H2,19,20,26). The highest BCUT2D eigenvalue weighted by Gasteiger charge is 2.26. The van der Waals surface area contributed by atoms with Gasteiger partial charge in [0.15, 0.2) is 10.9 Å². The van der Waals surface area contributed by atoms with Crippen molar-refractivity contribution in [2.24, 2.45) is 0 Å². The summed E-state index contributed by atoms with van der Waals surface area (Å²) in [6.07, 6.45) is 0. The highest BCUT2D eigenvalue weighted by atomic mass is 32.1. The molecule has 0 atom stereocenters. The number of ether oxygens (including phenoxy) is 2. The van der Waals surface area contributed by atoms with Crippen molar-refractivity contribution in [2.45, 2.75) is 13.8 Å². The molecule has 1 aromatic carbocycles. The van der Waals surface area contributed by atoms with Crippen LogP contribution in [-0.2, 0) is 9.47 Å². The predicted octanol–water partition coefficient (Wildman–Crippen LogP) is 3.64. The number of esters is 2. The third-order valence-corrected chi connectivity index (χ3v) is 5.05. The highest BCUT2D eigenvalue weighted by molar-refractivity contribution is 7.80. The molecule has 0 aliphatic rings. The molecule has 9 heteroatoms. The van der Waals surface area contributed by atoms with Crippen LogP contribution in [0.2, 0.25) is 0 Å². The summed E-state index contributed by atoms with van der Waals surface area (Å²) >= 11 is 6.33. The molecule has 0 fully saturated rings. The Balaban J connectivity index is 2.29. The van der Waals surface area contributed by atoms with Crippen LogP contribution < -0.4 is 10.6 Å². The van der Waals surface area contributed by atoms with Gasteiger partial charge in [0.25, 0.3) is 0 Å². The van der Waals surface area contributed by atoms with Crippen LogP contribution in [0.1, 0.15) is 42.9 Å². The number of Topliss-reactive ketones (excluding diaryl/α,β-unsaturated/α-hetero) is 1. The van der Waals surface area contributed by atoms with Crippen LogP contribution in [0.15, 0.2) is 24.3 Å². The average molecular weight is 406 g/mol. The fourth-order valence-corrected chi connectivity index (χ4v) is 3.72. The fraction of sp³-hybridized carbons (Fsp3) is 0.222. The van der Waals surface area contributed by atoms with Crippen LogP contribution in [0.4, 0.5) is 10.7 Å². The number of anilines is 2. The zero-order valence-corrected chi connectivity index (χ0v) is 16.8. The second-order valence-electron chi connectivity index (χ2n) is 5.46. The van der Waals surface area contributed by atoms with Crippen LogP contribution in [0.5, 0.6) is 0 Å². The molecular weight excluding hydrogens is 388 g/mol. The molecular formula is C18H18N2O5S2. The molecule has 2 rings (SSSR count). The second-order valence-corrected chi connectivity index (χ2v) is 6.89. The third-order valence-electron chi connectivity index (χ3n) is 3.66. The van der Waals surface area contributed by atoms with E-state index in [4.69, 9.17) is 21.7 Å². The van der Waals surface area contributed by atoms with Gasteiger partial charge in [-0.25, -0.2) is 9.59 Å². The second kappa shape index (κ2) is 8.74. The van der Waals surface area contributed by atoms with E-state index in [2.05, 4.69) is 10.6 Å². The molecule has 27 heavy (non-hydrogen) atoms. The lowest BCUT2D eigenvalue weighted by atomic mass is 10.1. The van der Waals surface area contributed by atoms with E-state index in [9.17, 15) is 14.4 Å². The molecule has 7 nitrogen and oxygen atoms in total. The van der Waals surface area contributed by atoms with Gasteiger partial charge in [-0.05, 0) is 43.8 Å². The number of thiophene rings is 1. The maximum Gasteiger partial charge on any atom is 0.348 e. The van der Waals surface area contributed by atoms with Gasteiger partial charge in [0.1, 0.15) is 9.88 Å². The van der Waals surface area contributed by atoms with E-state index in [0.717, 1.165) is 11.3 Å². The normalized spacial score (nSPS) is 10.1. The maximum absolute atomic E-state index is 12.1. The van der Waals surface area contributed by atoms with Crippen LogP contribution in [-0.4, -0.2) is 37.1 Å². The Morgan fingerprint density at radius 2 is 1.74 bits per heavy atom. The predicted molar refractivity (Wildman–Crippen MR) is 108 cm³/mol. The first-order valence-electron chi connectivity index (χ1n) is 7.77. The zero-order valence-electron chi connectivity index (χ0n) is 15.2. The molecule has 1 heterocycles. The number of methoxy groups -OCH3 is 2. The summed E-state index contributed by atoms with van der Waals surface area (Å²) in [5, 5.41) is 6.41. The van der Waals surface area contributed by atoms with Gasteiger partial charge in [0.05, 0.1) is 19.8 Å². The molecule has 0 bridgehead atoms. The van der Waals surface area contributed by atoms with E-state index < -0.39 is 11.9 Å². The molecule has 142 valence electrons. The number of rotatable bonds is 5. The Morgan fingerprint density at radius 1 is 1.07 bits per heavy atom. The monoisotopic (exact) mass is 406 g/mol. The van der Waals surface area contributed by atoms with Crippen molar-refractivity contribution in [2.75, 3.05) is 24.9 Å². The number of hydrogen-bond acceptors (Lipinski definition) is 7. The molecule has 0 aliphatic carbocycles. The van der Waals surface area contributed by atoms with Crippen molar-refractivity contribution in [3.05, 3.63) is 45.8 Å². The van der Waals surface area contributed by atoms with Gasteiger partial charge < -0.3 is 20.1 Å². The Kier molecular flexibility index (Phi) is 6.65. The van der Waals surface area contributed by atoms with Gasteiger partial charge >= 0.3 is 11.9 Å². The van der Waals surface area contributed by atoms with E-state index in [1.165, 1.54) is 21.1 Å². The van der Waals surface area contributed by atoms with Crippen LogP contribution >= 0.6 is 23.6 Å². The van der Waals surface area contributed by atoms with Crippen molar-refractivity contribution in [3.8, 4) is 0 Å². The summed E-state index contributed by atoms with van der Waals surface area (Å²) in [5.74, 6) is -1.21. The van der Waals surface area contributed by atoms with Crippen molar-refractivity contribution in [3.63, 3.8) is 0 Å². The van der Waals surface area contributed by atoms with Gasteiger partial charge in [0.2, 0.25) is 0 Å². The maximum atomic E-state index is 12.1. The summed E-state index contributed by atoms with van der Waals surface area (Å²) in [5.41, 5.74) is 1.81. The SMILES string of the molecule is COC(=O)c1sc(NC(=S)Nc2cccc(C(C)=O)c2)c(C(=O)OC)c1C. The summed E-state index contributed by atoms with van der Waals surface area (Å²) in [6, 6.07) is 6.84. The molecule has 0 unspecified atom stereocenters. The number of nitrogens with one attached hydrogen (secondary N) is 2. The molecule has 0 aliphatic heterocycles. The van der Waals surface area contributed by atoms with Gasteiger partial charge in [0, 0.05) is 11.3 Å². The third kappa shape index (κ3) is 4.69. The van der Waals surface area contributed by atoms with Gasteiger partial charge in [-0.15, -0.1) is 11.3 Å². The molecule has 0 saturated carbocycles. The molecule has 0 amide bonds. The lowest BCUT2D eigenvalue weighted by molar-refractivity contribution is 0.0601. The summed E-state index contributed by atoms with van der Waals surface area (Å²) in [6.45, 7) is 3.11. The first-order valence-corrected chi connectivity index (χ1v) is 9.00. The number of hydrogen-bond donors (Lipinski definition) is 2. The van der Waals surface area contributed by atoms with E-state index in [-0.39, 0.29) is 21.3 Å². The molecule has 0 saturated heterocycles. The molecule has 1 aromatic heterocycles. The smallest absolute Gasteiger partial charge is 0.348 e. The van der Waals surface area contributed by atoms with E-state index in [1.807, 2.05) is 0 Å². The largest absolute Gasteiger partial charge is 0.465 e. The van der Waals surface area contributed by atoms with Gasteiger partial charge in [-0.2, -0.15) is 0 Å². The Morgan fingerprint density at radius 3 is 2.33 bits per heavy atom. The molecule has 2 aromatic rings. The minimum absolute atomic E-state index is 0.0675. The Bertz CT molecular complexity index is 920. The highest BCUT2D eigenvalue weighted by Crippen LogP contribution is 2.34. The van der Waals surface area contributed by atoms with Crippen molar-refractivity contribution in [1.82, 2.24) is 0 Å². The summed E-state index contributed by atoms with van der Waals surface area (Å²) in [7, 11) is 2.52.